The second kappa shape index (κ2) is 5.72. The molecule has 1 heterocycles. The monoisotopic (exact) mass is 379 g/mol. The third-order valence-corrected chi connectivity index (χ3v) is 5.05. The number of nitrogens with zero attached hydrogens (tertiary/aromatic N) is 1. The van der Waals surface area contributed by atoms with E-state index >= 15 is 0 Å². The van der Waals surface area contributed by atoms with Gasteiger partial charge in [0.15, 0.2) is 5.03 Å². The third kappa shape index (κ3) is 2.98. The van der Waals surface area contributed by atoms with Gasteiger partial charge in [0.05, 0.1) is 18.5 Å². The predicted molar refractivity (Wildman–Crippen MR) is 79.2 cm³/mol. The molecule has 0 bridgehead atoms. The zero-order valence-electron chi connectivity index (χ0n) is 10.3. The van der Waals surface area contributed by atoms with Crippen molar-refractivity contribution in [1.29, 1.82) is 0 Å². The van der Waals surface area contributed by atoms with Crippen molar-refractivity contribution >= 4 is 43.2 Å². The van der Waals surface area contributed by atoms with Crippen LogP contribution in [0.4, 0.5) is 5.69 Å². The van der Waals surface area contributed by atoms with Gasteiger partial charge in [0, 0.05) is 15.1 Å². The highest BCUT2D eigenvalue weighted by atomic mass is 79.9. The van der Waals surface area contributed by atoms with E-state index in [1.54, 1.807) is 6.07 Å². The number of halogens is 2. The zero-order valence-corrected chi connectivity index (χ0v) is 13.5. The highest BCUT2D eigenvalue weighted by Crippen LogP contribution is 2.30. The van der Waals surface area contributed by atoms with Crippen molar-refractivity contribution in [3.63, 3.8) is 0 Å². The van der Waals surface area contributed by atoms with Crippen LogP contribution in [-0.4, -0.2) is 23.7 Å². The number of aromatic nitrogens is 2. The Morgan fingerprint density at radius 1 is 1.50 bits per heavy atom. The van der Waals surface area contributed by atoms with E-state index in [-0.39, 0.29) is 10.6 Å². The highest BCUT2D eigenvalue weighted by molar-refractivity contribution is 9.10. The van der Waals surface area contributed by atoms with Gasteiger partial charge in [-0.25, -0.2) is 0 Å². The van der Waals surface area contributed by atoms with E-state index in [9.17, 15) is 8.42 Å². The van der Waals surface area contributed by atoms with E-state index in [1.807, 2.05) is 6.92 Å². The van der Waals surface area contributed by atoms with Crippen molar-refractivity contribution in [2.24, 2.45) is 0 Å². The summed E-state index contributed by atoms with van der Waals surface area (Å²) in [5.41, 5.74) is 1.31. The number of aliphatic hydroxyl groups excluding tert-OH is 1. The summed E-state index contributed by atoms with van der Waals surface area (Å²) in [5.74, 6) is 0. The van der Waals surface area contributed by atoms with Crippen molar-refractivity contribution in [3.05, 3.63) is 39.0 Å². The van der Waals surface area contributed by atoms with Gasteiger partial charge in [-0.1, -0.05) is 11.6 Å². The smallest absolute Gasteiger partial charge is 0.279 e. The molecule has 3 N–H and O–H groups in total. The molecule has 20 heavy (non-hydrogen) atoms. The summed E-state index contributed by atoms with van der Waals surface area (Å²) in [7, 11) is -3.88. The molecule has 2 rings (SSSR count). The van der Waals surface area contributed by atoms with Crippen molar-refractivity contribution in [1.82, 2.24) is 10.2 Å². The number of sulfonamides is 1. The second-order valence-electron chi connectivity index (χ2n) is 4.07. The standard InChI is InChI=1S/C11H11BrClN3O3S/c1-6-2-8(12)10(3-9(6)13)16-20(18,19)11-7(5-17)4-14-15-11/h2-4,16-17H,5H2,1H3,(H,14,15). The van der Waals surface area contributed by atoms with Crippen LogP contribution in [0.1, 0.15) is 11.1 Å². The number of aryl methyl sites for hydroxylation is 1. The van der Waals surface area contributed by atoms with E-state index < -0.39 is 16.6 Å². The molecule has 0 saturated heterocycles. The first-order valence-electron chi connectivity index (χ1n) is 5.46. The maximum Gasteiger partial charge on any atom is 0.279 e. The minimum atomic E-state index is -3.88. The number of aromatic amines is 1. The Morgan fingerprint density at radius 3 is 2.85 bits per heavy atom. The van der Waals surface area contributed by atoms with E-state index in [2.05, 4.69) is 30.8 Å². The van der Waals surface area contributed by atoms with Gasteiger partial charge in [-0.3, -0.25) is 9.82 Å². The van der Waals surface area contributed by atoms with Gasteiger partial charge in [-0.15, -0.1) is 0 Å². The molecule has 0 amide bonds. The Morgan fingerprint density at radius 2 is 2.20 bits per heavy atom. The Bertz CT molecular complexity index is 745. The SMILES string of the molecule is Cc1cc(Br)c(NS(=O)(=O)c2[nH]ncc2CO)cc1Cl. The molecule has 108 valence electrons. The molecule has 0 atom stereocenters. The Balaban J connectivity index is 2.41. The molecule has 0 unspecified atom stereocenters. The minimum absolute atomic E-state index is 0.177. The number of H-pyrrole nitrogens is 1. The summed E-state index contributed by atoms with van der Waals surface area (Å²) in [6.45, 7) is 1.38. The van der Waals surface area contributed by atoms with Crippen LogP contribution >= 0.6 is 27.5 Å². The number of benzene rings is 1. The molecule has 0 aliphatic carbocycles. The van der Waals surface area contributed by atoms with Gasteiger partial charge < -0.3 is 5.11 Å². The van der Waals surface area contributed by atoms with Crippen LogP contribution in [0.2, 0.25) is 5.02 Å². The van der Waals surface area contributed by atoms with Crippen molar-refractivity contribution in [2.75, 3.05) is 4.72 Å². The minimum Gasteiger partial charge on any atom is -0.392 e. The Hall–Kier alpha value is -1.09. The van der Waals surface area contributed by atoms with Gasteiger partial charge in [0.1, 0.15) is 0 Å². The van der Waals surface area contributed by atoms with Crippen LogP contribution in [0.3, 0.4) is 0 Å². The van der Waals surface area contributed by atoms with Crippen LogP contribution in [0.5, 0.6) is 0 Å². The maximum atomic E-state index is 12.2. The summed E-state index contributed by atoms with van der Waals surface area (Å²) >= 11 is 9.25. The largest absolute Gasteiger partial charge is 0.392 e. The molecule has 0 spiro atoms. The van der Waals surface area contributed by atoms with Gasteiger partial charge in [0.25, 0.3) is 10.0 Å². The Kier molecular flexibility index (Phi) is 4.38. The van der Waals surface area contributed by atoms with Crippen LogP contribution in [0.15, 0.2) is 27.8 Å². The fourth-order valence-corrected chi connectivity index (χ4v) is 3.61. The highest BCUT2D eigenvalue weighted by Gasteiger charge is 2.21. The first-order chi connectivity index (χ1) is 9.35. The molecule has 2 aromatic rings. The third-order valence-electron chi connectivity index (χ3n) is 2.61. The summed E-state index contributed by atoms with van der Waals surface area (Å²) < 4.78 is 27.4. The molecular formula is C11H11BrClN3O3S. The van der Waals surface area contributed by atoms with E-state index in [0.29, 0.717) is 15.2 Å². The molecule has 6 nitrogen and oxygen atoms in total. The first kappa shape index (κ1) is 15.3. The summed E-state index contributed by atoms with van der Waals surface area (Å²) in [6.07, 6.45) is 1.26. The van der Waals surface area contributed by atoms with Gasteiger partial charge in [-0.2, -0.15) is 13.5 Å². The summed E-state index contributed by atoms with van der Waals surface area (Å²) in [5, 5.41) is 15.3. The van der Waals surface area contributed by atoms with Gasteiger partial charge >= 0.3 is 0 Å². The second-order valence-corrected chi connectivity index (χ2v) is 6.95. The average Bonchev–Trinajstić information content (AvgIpc) is 2.84. The predicted octanol–water partition coefficient (Wildman–Crippen LogP) is 2.43. The number of nitrogens with one attached hydrogen (secondary N) is 2. The van der Waals surface area contributed by atoms with Crippen LogP contribution in [0, 0.1) is 6.92 Å². The summed E-state index contributed by atoms with van der Waals surface area (Å²) in [6, 6.07) is 3.22. The normalized spacial score (nSPS) is 11.6. The molecule has 0 aliphatic heterocycles. The lowest BCUT2D eigenvalue weighted by molar-refractivity contribution is 0.278. The van der Waals surface area contributed by atoms with Crippen LogP contribution in [0.25, 0.3) is 0 Å². The molecule has 0 radical (unpaired) electrons. The number of rotatable bonds is 4. The van der Waals surface area contributed by atoms with Gasteiger partial charge in [0.2, 0.25) is 0 Å². The lowest BCUT2D eigenvalue weighted by Gasteiger charge is -2.11. The molecular weight excluding hydrogens is 370 g/mol. The fraction of sp³-hybridized carbons (Fsp3) is 0.182. The molecule has 0 saturated carbocycles. The van der Waals surface area contributed by atoms with E-state index in [1.165, 1.54) is 12.3 Å². The topological polar surface area (TPSA) is 95.1 Å². The summed E-state index contributed by atoms with van der Waals surface area (Å²) in [4.78, 5) is 0. The van der Waals surface area contributed by atoms with Crippen LogP contribution < -0.4 is 4.72 Å². The van der Waals surface area contributed by atoms with Crippen molar-refractivity contribution in [3.8, 4) is 0 Å². The molecule has 0 fully saturated rings. The number of aliphatic hydroxyl groups is 1. The molecule has 1 aromatic heterocycles. The first-order valence-corrected chi connectivity index (χ1v) is 8.12. The molecule has 1 aromatic carbocycles. The average molecular weight is 381 g/mol. The Labute approximate surface area is 129 Å². The fourth-order valence-electron chi connectivity index (χ4n) is 1.56. The number of anilines is 1. The van der Waals surface area contributed by atoms with E-state index in [4.69, 9.17) is 16.7 Å². The van der Waals surface area contributed by atoms with Crippen LogP contribution in [-0.2, 0) is 16.6 Å². The number of hydrogen-bond acceptors (Lipinski definition) is 4. The maximum absolute atomic E-state index is 12.2. The lowest BCUT2D eigenvalue weighted by Crippen LogP contribution is -2.15. The molecule has 9 heteroatoms. The zero-order chi connectivity index (χ0) is 14.9. The lowest BCUT2D eigenvalue weighted by atomic mass is 10.2. The molecule has 0 aliphatic rings. The van der Waals surface area contributed by atoms with E-state index in [0.717, 1.165) is 5.56 Å². The van der Waals surface area contributed by atoms with Crippen molar-refractivity contribution < 1.29 is 13.5 Å². The van der Waals surface area contributed by atoms with Gasteiger partial charge in [-0.05, 0) is 40.5 Å². The quantitative estimate of drug-likeness (QED) is 0.759. The van der Waals surface area contributed by atoms with Crippen molar-refractivity contribution in [2.45, 2.75) is 18.6 Å². The number of hydrogen-bond donors (Lipinski definition) is 3.